The van der Waals surface area contributed by atoms with E-state index in [0.29, 0.717) is 12.5 Å². The third-order valence-corrected chi connectivity index (χ3v) is 3.94. The lowest BCUT2D eigenvalue weighted by Crippen LogP contribution is -2.35. The van der Waals surface area contributed by atoms with Crippen molar-refractivity contribution in [2.24, 2.45) is 5.92 Å². The predicted octanol–water partition coefficient (Wildman–Crippen LogP) is 3.55. The molecule has 3 unspecified atom stereocenters. The van der Waals surface area contributed by atoms with Crippen LogP contribution >= 0.6 is 0 Å². The Hall–Kier alpha value is -1.06. The molecule has 1 saturated heterocycles. The summed E-state index contributed by atoms with van der Waals surface area (Å²) in [4.78, 5) is 0. The van der Waals surface area contributed by atoms with Gasteiger partial charge in [0, 0.05) is 6.61 Å². The molecule has 0 radical (unpaired) electrons. The van der Waals surface area contributed by atoms with Crippen LogP contribution in [0, 0.1) is 5.92 Å². The maximum absolute atomic E-state index is 5.96. The molecule has 0 bridgehead atoms. The molecule has 1 fully saturated rings. The van der Waals surface area contributed by atoms with Crippen molar-refractivity contribution in [2.75, 3.05) is 19.8 Å². The van der Waals surface area contributed by atoms with E-state index in [1.807, 2.05) is 6.92 Å². The highest BCUT2D eigenvalue weighted by molar-refractivity contribution is 5.30. The molecule has 0 spiro atoms. The van der Waals surface area contributed by atoms with Gasteiger partial charge in [-0.3, -0.25) is 0 Å². The van der Waals surface area contributed by atoms with Crippen molar-refractivity contribution >= 4 is 0 Å². The lowest BCUT2D eigenvalue weighted by molar-refractivity contribution is 0.0607. The van der Waals surface area contributed by atoms with Crippen LogP contribution in [0.2, 0.25) is 0 Å². The molecule has 1 aliphatic rings. The molecule has 3 nitrogen and oxygen atoms in total. The number of hydrogen-bond donors (Lipinski definition) is 1. The Bertz CT molecular complexity index is 390. The zero-order valence-electron chi connectivity index (χ0n) is 12.9. The summed E-state index contributed by atoms with van der Waals surface area (Å²) in [6.45, 7) is 9.10. The van der Waals surface area contributed by atoms with Crippen LogP contribution in [-0.2, 0) is 4.74 Å². The van der Waals surface area contributed by atoms with E-state index >= 15 is 0 Å². The SMILES string of the molecule is CCCNC(c1ccc(OCC)cc1)C1OCCC1C. The highest BCUT2D eigenvalue weighted by atomic mass is 16.5. The molecular formula is C17H27NO2. The first kappa shape index (κ1) is 15.3. The van der Waals surface area contributed by atoms with Gasteiger partial charge in [-0.25, -0.2) is 0 Å². The first-order chi connectivity index (χ1) is 9.76. The van der Waals surface area contributed by atoms with Gasteiger partial charge in [0.05, 0.1) is 18.8 Å². The van der Waals surface area contributed by atoms with E-state index < -0.39 is 0 Å². The molecule has 3 atom stereocenters. The van der Waals surface area contributed by atoms with Crippen LogP contribution in [0.4, 0.5) is 0 Å². The largest absolute Gasteiger partial charge is 0.494 e. The Labute approximate surface area is 122 Å². The molecule has 112 valence electrons. The van der Waals surface area contributed by atoms with Crippen LogP contribution in [-0.4, -0.2) is 25.9 Å². The van der Waals surface area contributed by atoms with Gasteiger partial charge in [0.25, 0.3) is 0 Å². The molecule has 20 heavy (non-hydrogen) atoms. The van der Waals surface area contributed by atoms with Gasteiger partial charge in [0.2, 0.25) is 0 Å². The van der Waals surface area contributed by atoms with Crippen LogP contribution in [0.3, 0.4) is 0 Å². The summed E-state index contributed by atoms with van der Waals surface area (Å²) in [5.41, 5.74) is 1.29. The first-order valence-corrected chi connectivity index (χ1v) is 7.84. The van der Waals surface area contributed by atoms with Crippen molar-refractivity contribution in [1.82, 2.24) is 5.32 Å². The highest BCUT2D eigenvalue weighted by Crippen LogP contribution is 2.32. The van der Waals surface area contributed by atoms with Crippen molar-refractivity contribution in [1.29, 1.82) is 0 Å². The molecule has 0 amide bonds. The number of rotatable bonds is 7. The van der Waals surface area contributed by atoms with Gasteiger partial charge in [-0.2, -0.15) is 0 Å². The summed E-state index contributed by atoms with van der Waals surface area (Å²) in [5.74, 6) is 1.54. The van der Waals surface area contributed by atoms with Crippen molar-refractivity contribution in [3.8, 4) is 5.75 Å². The summed E-state index contributed by atoms with van der Waals surface area (Å²) in [6, 6.07) is 8.71. The molecule has 0 saturated carbocycles. The lowest BCUT2D eigenvalue weighted by atomic mass is 9.92. The van der Waals surface area contributed by atoms with Crippen molar-refractivity contribution < 1.29 is 9.47 Å². The monoisotopic (exact) mass is 277 g/mol. The quantitative estimate of drug-likeness (QED) is 0.826. The normalized spacial score (nSPS) is 23.8. The second-order valence-corrected chi connectivity index (χ2v) is 5.54. The summed E-state index contributed by atoms with van der Waals surface area (Å²) in [6.07, 6.45) is 2.57. The summed E-state index contributed by atoms with van der Waals surface area (Å²) in [5, 5.41) is 3.64. The molecule has 0 aliphatic carbocycles. The van der Waals surface area contributed by atoms with Crippen molar-refractivity contribution in [3.63, 3.8) is 0 Å². The third-order valence-electron chi connectivity index (χ3n) is 3.94. The number of hydrogen-bond acceptors (Lipinski definition) is 3. The van der Waals surface area contributed by atoms with Crippen LogP contribution in [0.1, 0.15) is 45.2 Å². The number of nitrogens with one attached hydrogen (secondary N) is 1. The molecule has 1 aromatic carbocycles. The minimum atomic E-state index is 0.277. The van der Waals surface area contributed by atoms with Gasteiger partial charge in [-0.15, -0.1) is 0 Å². The Morgan fingerprint density at radius 2 is 2.05 bits per heavy atom. The molecule has 1 aliphatic heterocycles. The maximum atomic E-state index is 5.96. The average Bonchev–Trinajstić information content (AvgIpc) is 2.88. The van der Waals surface area contributed by atoms with Crippen LogP contribution in [0.5, 0.6) is 5.75 Å². The highest BCUT2D eigenvalue weighted by Gasteiger charge is 2.32. The van der Waals surface area contributed by atoms with Gasteiger partial charge in [0.1, 0.15) is 5.75 Å². The molecule has 3 heteroatoms. The molecule has 1 heterocycles. The Morgan fingerprint density at radius 3 is 2.60 bits per heavy atom. The second kappa shape index (κ2) is 7.65. The third kappa shape index (κ3) is 3.74. The van der Waals surface area contributed by atoms with E-state index in [1.54, 1.807) is 0 Å². The van der Waals surface area contributed by atoms with E-state index in [1.165, 1.54) is 5.56 Å². The Balaban J connectivity index is 2.12. The number of benzene rings is 1. The standard InChI is InChI=1S/C17H27NO2/c1-4-11-18-16(17-13(3)10-12-20-17)14-6-8-15(9-7-14)19-5-2/h6-9,13,16-18H,4-5,10-12H2,1-3H3. The van der Waals surface area contributed by atoms with Crippen molar-refractivity contribution in [2.45, 2.75) is 45.8 Å². The van der Waals surface area contributed by atoms with Crippen LogP contribution in [0.15, 0.2) is 24.3 Å². The summed E-state index contributed by atoms with van der Waals surface area (Å²) < 4.78 is 11.5. The zero-order chi connectivity index (χ0) is 14.4. The molecular weight excluding hydrogens is 250 g/mol. The van der Waals surface area contributed by atoms with E-state index in [4.69, 9.17) is 9.47 Å². The summed E-state index contributed by atoms with van der Waals surface area (Å²) in [7, 11) is 0. The fraction of sp³-hybridized carbons (Fsp3) is 0.647. The van der Waals surface area contributed by atoms with E-state index in [2.05, 4.69) is 43.4 Å². The predicted molar refractivity (Wildman–Crippen MR) is 82.2 cm³/mol. The van der Waals surface area contributed by atoms with Crippen molar-refractivity contribution in [3.05, 3.63) is 29.8 Å². The molecule has 2 rings (SSSR count). The molecule has 1 aromatic rings. The van der Waals surface area contributed by atoms with Gasteiger partial charge >= 0.3 is 0 Å². The van der Waals surface area contributed by atoms with Gasteiger partial charge in [-0.1, -0.05) is 26.0 Å². The minimum absolute atomic E-state index is 0.277. The Morgan fingerprint density at radius 1 is 1.30 bits per heavy atom. The van der Waals surface area contributed by atoms with Gasteiger partial charge in [-0.05, 0) is 49.9 Å². The Kier molecular flexibility index (Phi) is 5.86. The minimum Gasteiger partial charge on any atom is -0.494 e. The average molecular weight is 277 g/mol. The van der Waals surface area contributed by atoms with E-state index in [9.17, 15) is 0 Å². The topological polar surface area (TPSA) is 30.5 Å². The molecule has 1 N–H and O–H groups in total. The summed E-state index contributed by atoms with van der Waals surface area (Å²) >= 11 is 0. The van der Waals surface area contributed by atoms with Crippen LogP contribution in [0.25, 0.3) is 0 Å². The van der Waals surface area contributed by atoms with Crippen LogP contribution < -0.4 is 10.1 Å². The van der Waals surface area contributed by atoms with Gasteiger partial charge in [0.15, 0.2) is 0 Å². The second-order valence-electron chi connectivity index (χ2n) is 5.54. The fourth-order valence-electron chi connectivity index (χ4n) is 2.80. The smallest absolute Gasteiger partial charge is 0.119 e. The zero-order valence-corrected chi connectivity index (χ0v) is 12.9. The lowest BCUT2D eigenvalue weighted by Gasteiger charge is -2.27. The fourth-order valence-corrected chi connectivity index (χ4v) is 2.80. The molecule has 0 aromatic heterocycles. The van der Waals surface area contributed by atoms with E-state index in [-0.39, 0.29) is 12.1 Å². The number of ether oxygens (including phenoxy) is 2. The van der Waals surface area contributed by atoms with E-state index in [0.717, 1.165) is 31.7 Å². The van der Waals surface area contributed by atoms with Gasteiger partial charge < -0.3 is 14.8 Å². The first-order valence-electron chi connectivity index (χ1n) is 7.84. The maximum Gasteiger partial charge on any atom is 0.119 e.